The van der Waals surface area contributed by atoms with E-state index in [4.69, 9.17) is 16.2 Å². The standard InChI is InChI=1S/C28H36N6O/c29-27(30)31-21-16-18-22(19-17-21)33-25-15-9-8-14-24(25)26(20-10-4-3-5-11-20)32-34(28(33)35)23-12-6-1-2-7-13-23/h8-9,14-20,23H,1-7,10-13H2,(H4,29,30,31). The maximum absolute atomic E-state index is 14.3. The SMILES string of the molecule is N=C(N)Nc1ccc(N2C(=O)N(C3CCCCCC3)N=C(C3CCCCC3)c3ccccc32)cc1. The Hall–Kier alpha value is -3.35. The molecule has 1 heterocycles. The van der Waals surface area contributed by atoms with Gasteiger partial charge >= 0.3 is 6.03 Å². The van der Waals surface area contributed by atoms with E-state index in [1.54, 1.807) is 0 Å². The van der Waals surface area contributed by atoms with Crippen molar-refractivity contribution in [1.29, 1.82) is 5.41 Å². The van der Waals surface area contributed by atoms with E-state index in [0.717, 1.165) is 66.9 Å². The molecule has 0 bridgehead atoms. The molecule has 0 radical (unpaired) electrons. The van der Waals surface area contributed by atoms with Crippen molar-refractivity contribution in [2.45, 2.75) is 76.7 Å². The number of hydrogen-bond acceptors (Lipinski definition) is 3. The van der Waals surface area contributed by atoms with E-state index in [-0.39, 0.29) is 18.0 Å². The molecule has 5 rings (SSSR count). The topological polar surface area (TPSA) is 97.8 Å². The number of carbonyl (C=O) groups is 1. The van der Waals surface area contributed by atoms with Crippen molar-refractivity contribution in [3.63, 3.8) is 0 Å². The fourth-order valence-corrected chi connectivity index (χ4v) is 5.82. The van der Waals surface area contributed by atoms with Gasteiger partial charge in [-0.2, -0.15) is 5.10 Å². The Bertz CT molecular complexity index is 1080. The van der Waals surface area contributed by atoms with Gasteiger partial charge in [0.1, 0.15) is 0 Å². The van der Waals surface area contributed by atoms with Crippen molar-refractivity contribution in [2.75, 3.05) is 10.2 Å². The van der Waals surface area contributed by atoms with Gasteiger partial charge in [0.25, 0.3) is 0 Å². The predicted octanol–water partition coefficient (Wildman–Crippen LogP) is 6.57. The number of amides is 2. The van der Waals surface area contributed by atoms with Gasteiger partial charge in [0.15, 0.2) is 5.96 Å². The second-order valence-corrected chi connectivity index (χ2v) is 10.0. The molecular formula is C28H36N6O. The summed E-state index contributed by atoms with van der Waals surface area (Å²) in [4.78, 5) is 16.1. The number of nitrogens with zero attached hydrogens (tertiary/aromatic N) is 3. The second kappa shape index (κ2) is 10.5. The van der Waals surface area contributed by atoms with Crippen molar-refractivity contribution < 1.29 is 4.79 Å². The first-order chi connectivity index (χ1) is 17.1. The average Bonchev–Trinajstić information content (AvgIpc) is 3.22. The highest BCUT2D eigenvalue weighted by Crippen LogP contribution is 2.39. The number of carbonyl (C=O) groups excluding carboxylic acids is 1. The Morgan fingerprint density at radius 3 is 2.20 bits per heavy atom. The quantitative estimate of drug-likeness (QED) is 0.266. The van der Waals surface area contributed by atoms with Crippen LogP contribution in [0.1, 0.15) is 76.2 Å². The molecule has 2 aromatic carbocycles. The largest absolute Gasteiger partial charge is 0.370 e. The van der Waals surface area contributed by atoms with Crippen LogP contribution < -0.4 is 16.0 Å². The van der Waals surface area contributed by atoms with Crippen LogP contribution in [0.4, 0.5) is 21.9 Å². The van der Waals surface area contributed by atoms with Gasteiger partial charge in [0.05, 0.1) is 23.1 Å². The third-order valence-corrected chi connectivity index (χ3v) is 7.59. The molecule has 2 aromatic rings. The van der Waals surface area contributed by atoms with Gasteiger partial charge in [-0.1, -0.05) is 63.1 Å². The van der Waals surface area contributed by atoms with Gasteiger partial charge < -0.3 is 11.1 Å². The lowest BCUT2D eigenvalue weighted by atomic mass is 9.83. The van der Waals surface area contributed by atoms with E-state index in [0.29, 0.717) is 5.92 Å². The molecule has 3 aliphatic rings. The van der Waals surface area contributed by atoms with E-state index in [1.807, 2.05) is 46.3 Å². The number of hydrogen-bond donors (Lipinski definition) is 3. The number of nitrogens with two attached hydrogens (primary N) is 1. The summed E-state index contributed by atoms with van der Waals surface area (Å²) in [5.41, 5.74) is 10.0. The number of fused-ring (bicyclic) bond motifs is 1. The molecule has 0 unspecified atom stereocenters. The van der Waals surface area contributed by atoms with Crippen molar-refractivity contribution in [2.24, 2.45) is 16.8 Å². The van der Waals surface area contributed by atoms with Crippen LogP contribution in [0.15, 0.2) is 53.6 Å². The fraction of sp³-hybridized carbons (Fsp3) is 0.464. The normalized spacial score (nSPS) is 20.0. The summed E-state index contributed by atoms with van der Waals surface area (Å²) >= 11 is 0. The van der Waals surface area contributed by atoms with Crippen molar-refractivity contribution >= 4 is 34.8 Å². The van der Waals surface area contributed by atoms with Crippen LogP contribution in [-0.4, -0.2) is 28.8 Å². The maximum Gasteiger partial charge on any atom is 0.349 e. The minimum Gasteiger partial charge on any atom is -0.370 e. The first kappa shape index (κ1) is 23.4. The van der Waals surface area contributed by atoms with Crippen molar-refractivity contribution in [1.82, 2.24) is 5.01 Å². The lowest BCUT2D eigenvalue weighted by molar-refractivity contribution is 0.179. The number of rotatable bonds is 4. The summed E-state index contributed by atoms with van der Waals surface area (Å²) in [6.07, 6.45) is 12.7. The lowest BCUT2D eigenvalue weighted by Gasteiger charge is -2.31. The van der Waals surface area contributed by atoms with E-state index >= 15 is 0 Å². The summed E-state index contributed by atoms with van der Waals surface area (Å²) in [6.45, 7) is 0. The summed E-state index contributed by atoms with van der Waals surface area (Å²) in [7, 11) is 0. The number of guanidine groups is 1. The molecule has 2 saturated carbocycles. The third kappa shape index (κ3) is 5.04. The third-order valence-electron chi connectivity index (χ3n) is 7.59. The Morgan fingerprint density at radius 1 is 0.886 bits per heavy atom. The first-order valence-corrected chi connectivity index (χ1v) is 13.1. The highest BCUT2D eigenvalue weighted by atomic mass is 16.2. The number of benzene rings is 2. The molecule has 0 atom stereocenters. The highest BCUT2D eigenvalue weighted by Gasteiger charge is 2.37. The number of anilines is 3. The molecule has 4 N–H and O–H groups in total. The first-order valence-electron chi connectivity index (χ1n) is 13.1. The molecule has 184 valence electrons. The lowest BCUT2D eigenvalue weighted by Crippen LogP contribution is -2.43. The van der Waals surface area contributed by atoms with Gasteiger partial charge in [-0.05, 0) is 56.0 Å². The predicted molar refractivity (Wildman–Crippen MR) is 142 cm³/mol. The minimum atomic E-state index is -0.112. The van der Waals surface area contributed by atoms with Crippen LogP contribution in [0.5, 0.6) is 0 Å². The Kier molecular flexibility index (Phi) is 7.02. The average molecular weight is 473 g/mol. The monoisotopic (exact) mass is 472 g/mol. The smallest absolute Gasteiger partial charge is 0.349 e. The van der Waals surface area contributed by atoms with Gasteiger partial charge in [-0.3, -0.25) is 10.3 Å². The van der Waals surface area contributed by atoms with E-state index < -0.39 is 0 Å². The maximum atomic E-state index is 14.3. The molecule has 0 aromatic heterocycles. The van der Waals surface area contributed by atoms with E-state index in [2.05, 4.69) is 17.4 Å². The second-order valence-electron chi connectivity index (χ2n) is 10.0. The zero-order chi connectivity index (χ0) is 24.2. The number of nitrogens with one attached hydrogen (secondary N) is 2. The molecule has 0 spiro atoms. The van der Waals surface area contributed by atoms with Crippen molar-refractivity contribution in [3.05, 3.63) is 54.1 Å². The van der Waals surface area contributed by atoms with Gasteiger partial charge in [0.2, 0.25) is 0 Å². The molecule has 7 nitrogen and oxygen atoms in total. The molecule has 7 heteroatoms. The minimum absolute atomic E-state index is 0.0811. The molecule has 2 fully saturated rings. The van der Waals surface area contributed by atoms with E-state index in [1.165, 1.54) is 32.1 Å². The van der Waals surface area contributed by atoms with Crippen LogP contribution >= 0.6 is 0 Å². The fourth-order valence-electron chi connectivity index (χ4n) is 5.82. The van der Waals surface area contributed by atoms with Crippen LogP contribution in [0.25, 0.3) is 0 Å². The Morgan fingerprint density at radius 2 is 1.51 bits per heavy atom. The van der Waals surface area contributed by atoms with Crippen LogP contribution in [-0.2, 0) is 0 Å². The van der Waals surface area contributed by atoms with Crippen LogP contribution in [0.2, 0.25) is 0 Å². The molecule has 2 aliphatic carbocycles. The Labute approximate surface area is 207 Å². The Balaban J connectivity index is 1.60. The van der Waals surface area contributed by atoms with Gasteiger partial charge in [0, 0.05) is 17.2 Å². The summed E-state index contributed by atoms with van der Waals surface area (Å²) in [5, 5.41) is 17.4. The summed E-state index contributed by atoms with van der Waals surface area (Å²) in [6, 6.07) is 15.8. The number of para-hydroxylation sites is 1. The van der Waals surface area contributed by atoms with Crippen molar-refractivity contribution in [3.8, 4) is 0 Å². The van der Waals surface area contributed by atoms with E-state index in [9.17, 15) is 4.79 Å². The van der Waals surface area contributed by atoms with Gasteiger partial charge in [-0.25, -0.2) is 9.80 Å². The summed E-state index contributed by atoms with van der Waals surface area (Å²) in [5.74, 6) is 0.270. The molecular weight excluding hydrogens is 436 g/mol. The van der Waals surface area contributed by atoms with Crippen LogP contribution in [0, 0.1) is 11.3 Å². The zero-order valence-electron chi connectivity index (χ0n) is 20.4. The number of hydrazone groups is 1. The van der Waals surface area contributed by atoms with Crippen LogP contribution in [0.3, 0.4) is 0 Å². The molecule has 35 heavy (non-hydrogen) atoms. The molecule has 1 aliphatic heterocycles. The molecule has 0 saturated heterocycles. The highest BCUT2D eigenvalue weighted by molar-refractivity contribution is 6.14. The molecule has 2 amide bonds. The zero-order valence-corrected chi connectivity index (χ0v) is 20.4. The number of urea groups is 1. The van der Waals surface area contributed by atoms with Gasteiger partial charge in [-0.15, -0.1) is 0 Å². The summed E-state index contributed by atoms with van der Waals surface area (Å²) < 4.78 is 0.